The number of ether oxygens (including phenoxy) is 3. The highest BCUT2D eigenvalue weighted by atomic mass is 33.1. The summed E-state index contributed by atoms with van der Waals surface area (Å²) in [5.41, 5.74) is 6.34. The number of phenolic OH excluding ortho intramolecular Hbond substituents is 1. The number of Topliss-reactive ketones (excluding diaryl/α,β-unsaturated/α-hetero) is 1. The van der Waals surface area contributed by atoms with Gasteiger partial charge in [-0.05, 0) is 42.3 Å². The van der Waals surface area contributed by atoms with E-state index in [1.54, 1.807) is 25.1 Å². The molecule has 0 radical (unpaired) electrons. The van der Waals surface area contributed by atoms with Crippen molar-refractivity contribution in [3.63, 3.8) is 0 Å². The van der Waals surface area contributed by atoms with Crippen LogP contribution >= 0.6 is 21.6 Å². The van der Waals surface area contributed by atoms with E-state index in [1.165, 1.54) is 40.8 Å². The van der Waals surface area contributed by atoms with Crippen molar-refractivity contribution in [2.24, 2.45) is 11.7 Å². The number of methoxy groups -OCH3 is 1. The Hall–Kier alpha value is -2.81. The van der Waals surface area contributed by atoms with Crippen molar-refractivity contribution in [3.8, 4) is 17.2 Å². The zero-order valence-corrected chi connectivity index (χ0v) is 27.1. The van der Waals surface area contributed by atoms with Gasteiger partial charge in [-0.25, -0.2) is 0 Å². The van der Waals surface area contributed by atoms with Gasteiger partial charge in [-0.2, -0.15) is 0 Å². The lowest BCUT2D eigenvalue weighted by Gasteiger charge is -2.51. The molecule has 0 saturated carbocycles. The molecule has 2 heterocycles. The first-order valence-electron chi connectivity index (χ1n) is 15.2. The lowest BCUT2D eigenvalue weighted by molar-refractivity contribution is -0.304. The van der Waals surface area contributed by atoms with Gasteiger partial charge in [0.05, 0.1) is 18.1 Å². The number of benzene rings is 3. The molecule has 9 atom stereocenters. The highest BCUT2D eigenvalue weighted by Crippen LogP contribution is 2.48. The zero-order valence-electron chi connectivity index (χ0n) is 25.5. The van der Waals surface area contributed by atoms with Gasteiger partial charge in [-0.15, -0.1) is 0 Å². The second kappa shape index (κ2) is 13.4. The molecule has 4 bridgehead atoms. The number of carbonyl (C=O) groups excluding carboxylic acids is 1. The van der Waals surface area contributed by atoms with E-state index < -0.39 is 42.2 Å². The van der Waals surface area contributed by atoms with Crippen LogP contribution in [0.4, 0.5) is 0 Å². The number of aliphatic hydroxyl groups excluding tert-OH is 3. The number of aryl methyl sites for hydroxylation is 1. The Morgan fingerprint density at radius 3 is 2.59 bits per heavy atom. The molecule has 9 unspecified atom stereocenters. The van der Waals surface area contributed by atoms with Crippen LogP contribution in [0, 0.1) is 12.8 Å². The third-order valence-electron chi connectivity index (χ3n) is 9.19. The van der Waals surface area contributed by atoms with Crippen LogP contribution in [0.15, 0.2) is 60.7 Å². The largest absolute Gasteiger partial charge is 0.506 e. The molecule has 46 heavy (non-hydrogen) atoms. The molecular weight excluding hydrogens is 631 g/mol. The van der Waals surface area contributed by atoms with Crippen molar-refractivity contribution in [2.75, 3.05) is 12.9 Å². The molecule has 3 aromatic rings. The van der Waals surface area contributed by atoms with Gasteiger partial charge in [0, 0.05) is 35.4 Å². The Morgan fingerprint density at radius 1 is 1.09 bits per heavy atom. The van der Waals surface area contributed by atoms with Gasteiger partial charge < -0.3 is 45.5 Å². The Kier molecular flexibility index (Phi) is 9.62. The number of hydrogen-bond acceptors (Lipinski definition) is 12. The van der Waals surface area contributed by atoms with Crippen molar-refractivity contribution in [2.45, 2.75) is 73.8 Å². The van der Waals surface area contributed by atoms with Crippen LogP contribution in [-0.4, -0.2) is 91.8 Å². The van der Waals surface area contributed by atoms with Crippen LogP contribution in [0.1, 0.15) is 34.3 Å². The fraction of sp³-hybridized carbons (Fsp3) is 0.441. The van der Waals surface area contributed by atoms with Crippen molar-refractivity contribution in [1.29, 1.82) is 0 Å². The third-order valence-corrected chi connectivity index (χ3v) is 12.1. The first kappa shape index (κ1) is 33.1. The molecule has 1 aliphatic carbocycles. The predicted octanol–water partition coefficient (Wildman–Crippen LogP) is 3.26. The highest BCUT2D eigenvalue weighted by molar-refractivity contribution is 8.76. The summed E-state index contributed by atoms with van der Waals surface area (Å²) in [4.78, 5) is 13.6. The van der Waals surface area contributed by atoms with Gasteiger partial charge in [0.2, 0.25) is 6.29 Å². The minimum Gasteiger partial charge on any atom is -0.506 e. The molecule has 246 valence electrons. The minimum absolute atomic E-state index is 0.0241. The molecule has 7 N–H and O–H groups in total. The van der Waals surface area contributed by atoms with E-state index in [4.69, 9.17) is 19.9 Å². The number of carbonyl (C=O) groups is 1. The van der Waals surface area contributed by atoms with E-state index in [1.807, 2.05) is 30.3 Å². The maximum atomic E-state index is 13.6. The molecule has 1 saturated heterocycles. The van der Waals surface area contributed by atoms with Crippen molar-refractivity contribution in [3.05, 3.63) is 77.4 Å². The maximum absolute atomic E-state index is 13.6. The van der Waals surface area contributed by atoms with Gasteiger partial charge in [0.1, 0.15) is 47.3 Å². The van der Waals surface area contributed by atoms with Crippen LogP contribution in [0.5, 0.6) is 17.2 Å². The second-order valence-corrected chi connectivity index (χ2v) is 15.0. The molecule has 0 aromatic heterocycles. The Labute approximate surface area is 274 Å². The minimum atomic E-state index is -1.83. The topological polar surface area (TPSA) is 172 Å². The van der Waals surface area contributed by atoms with Crippen LogP contribution in [-0.2, 0) is 11.2 Å². The Bertz CT molecular complexity index is 1620. The lowest BCUT2D eigenvalue weighted by atomic mass is 9.69. The maximum Gasteiger partial charge on any atom is 0.229 e. The average Bonchev–Trinajstić information content (AvgIpc) is 3.03. The van der Waals surface area contributed by atoms with Crippen molar-refractivity contribution in [1.82, 2.24) is 0 Å². The van der Waals surface area contributed by atoms with Gasteiger partial charge in [0.15, 0.2) is 5.78 Å². The summed E-state index contributed by atoms with van der Waals surface area (Å²) in [5, 5.41) is 58.0. The molecule has 2 aliphatic heterocycles. The summed E-state index contributed by atoms with van der Waals surface area (Å²) < 4.78 is 17.9. The number of phenols is 1. The van der Waals surface area contributed by atoms with Crippen LogP contribution in [0.2, 0.25) is 0 Å². The summed E-state index contributed by atoms with van der Waals surface area (Å²) in [5.74, 6) is -0.271. The van der Waals surface area contributed by atoms with Gasteiger partial charge >= 0.3 is 0 Å². The normalized spacial score (nSPS) is 33.4. The number of ketones is 1. The van der Waals surface area contributed by atoms with Gasteiger partial charge in [0.25, 0.3) is 0 Å². The number of fused-ring (bicyclic) bond motifs is 5. The van der Waals surface area contributed by atoms with E-state index in [0.29, 0.717) is 35.3 Å². The van der Waals surface area contributed by atoms with E-state index in [-0.39, 0.29) is 45.9 Å². The Balaban J connectivity index is 1.50. The number of nitrogens with two attached hydrogens (primary N) is 1. The average molecular weight is 670 g/mol. The molecule has 0 amide bonds. The summed E-state index contributed by atoms with van der Waals surface area (Å²) in [6.45, 7) is 1.75. The molecule has 1 fully saturated rings. The van der Waals surface area contributed by atoms with Crippen molar-refractivity contribution < 1.29 is 44.5 Å². The molecule has 0 spiro atoms. The Morgan fingerprint density at radius 2 is 1.85 bits per heavy atom. The fourth-order valence-electron chi connectivity index (χ4n) is 6.81. The monoisotopic (exact) mass is 669 g/mol. The van der Waals surface area contributed by atoms with E-state index in [2.05, 4.69) is 0 Å². The number of rotatable bonds is 3. The molecule has 3 aromatic carbocycles. The van der Waals surface area contributed by atoms with E-state index in [0.717, 1.165) is 5.56 Å². The quantitative estimate of drug-likeness (QED) is 0.178. The third kappa shape index (κ3) is 6.13. The lowest BCUT2D eigenvalue weighted by Crippen LogP contribution is -2.68. The SMILES string of the molecule is COc1cc2c3c(O)c(c(C)cc3c1)C(=O)CCSSC(Cc1ccccc1)C1CC(N)C=CC1(O)C1OC(O2)C(O)C(O)C1O. The van der Waals surface area contributed by atoms with Crippen LogP contribution in [0.3, 0.4) is 0 Å². The molecule has 10 nitrogen and oxygen atoms in total. The summed E-state index contributed by atoms with van der Waals surface area (Å²) in [6, 6.07) is 14.3. The first-order valence-corrected chi connectivity index (χ1v) is 17.6. The first-order chi connectivity index (χ1) is 22.0. The summed E-state index contributed by atoms with van der Waals surface area (Å²) in [7, 11) is 4.47. The number of hydrogen-bond donors (Lipinski definition) is 6. The van der Waals surface area contributed by atoms with Crippen LogP contribution < -0.4 is 15.2 Å². The molecule has 3 aliphatic rings. The van der Waals surface area contributed by atoms with Crippen molar-refractivity contribution >= 4 is 38.1 Å². The second-order valence-electron chi connectivity index (χ2n) is 12.2. The van der Waals surface area contributed by atoms with Gasteiger partial charge in [-0.1, -0.05) is 70.1 Å². The summed E-state index contributed by atoms with van der Waals surface area (Å²) in [6.07, 6.45) is -3.96. The van der Waals surface area contributed by atoms with E-state index >= 15 is 0 Å². The van der Waals surface area contributed by atoms with Gasteiger partial charge in [-0.3, -0.25) is 4.79 Å². The smallest absolute Gasteiger partial charge is 0.229 e. The molecule has 12 heteroatoms. The molecule has 6 rings (SSSR count). The fourth-order valence-corrected chi connectivity index (χ4v) is 9.75. The van der Waals surface area contributed by atoms with Crippen LogP contribution in [0.25, 0.3) is 10.8 Å². The number of aromatic hydroxyl groups is 1. The predicted molar refractivity (Wildman–Crippen MR) is 177 cm³/mol. The molecular formula is C34H39NO9S2. The number of aliphatic hydroxyl groups is 4. The zero-order chi connectivity index (χ0) is 32.7. The highest BCUT2D eigenvalue weighted by Gasteiger charge is 2.57. The standard InChI is InChI=1S/C34H39NO9S2/c1-17-12-19-14-21(42-2)16-24-27(19)28(37)26(17)23(36)9-11-45-46-25(13-18-6-4-3-5-7-18)22-15-20(35)8-10-34(22,41)32-30(39)29(38)31(40)33(43-24)44-32/h3-8,10,12,14,16,20,22,25,29-33,37-41H,9,11,13,15,35H2,1-2H3. The van der Waals surface area contributed by atoms with E-state index in [9.17, 15) is 30.3 Å². The summed E-state index contributed by atoms with van der Waals surface area (Å²) >= 11 is 0.